The molecule has 0 aromatic heterocycles. The Balaban J connectivity index is 3.13. The Bertz CT molecular complexity index is 124. The summed E-state index contributed by atoms with van der Waals surface area (Å²) in [7, 11) is 0. The van der Waals surface area contributed by atoms with Gasteiger partial charge in [0.15, 0.2) is 0 Å². The number of unbranched alkanes of at least 4 members (excludes halogenated alkanes) is 4. The molecular weight excluding hydrogens is 188 g/mol. The number of hydrogen-bond acceptors (Lipinski definition) is 2. The van der Waals surface area contributed by atoms with Crippen LogP contribution in [0.4, 0.5) is 0 Å². The zero-order valence-electron chi connectivity index (χ0n) is 10.7. The first-order valence-electron chi connectivity index (χ1n) is 6.46. The Hall–Kier alpha value is -0.0800. The van der Waals surface area contributed by atoms with Gasteiger partial charge in [-0.1, -0.05) is 32.6 Å². The first-order valence-corrected chi connectivity index (χ1v) is 6.46. The average molecular weight is 216 g/mol. The number of aliphatic hydroxyl groups excluding tert-OH is 1. The summed E-state index contributed by atoms with van der Waals surface area (Å²) in [5, 5.41) is 9.11. The first kappa shape index (κ1) is 14.9. The molecule has 0 aliphatic rings. The minimum absolute atomic E-state index is 0.194. The summed E-state index contributed by atoms with van der Waals surface area (Å²) in [5.41, 5.74) is 0. The normalized spacial score (nSPS) is 15.2. The van der Waals surface area contributed by atoms with Crippen LogP contribution >= 0.6 is 0 Å². The van der Waals surface area contributed by atoms with E-state index in [4.69, 9.17) is 9.84 Å². The molecule has 0 bridgehead atoms. The molecule has 0 aromatic carbocycles. The highest BCUT2D eigenvalue weighted by Crippen LogP contribution is 2.07. The van der Waals surface area contributed by atoms with E-state index in [1.165, 1.54) is 32.1 Å². The average Bonchev–Trinajstić information content (AvgIpc) is 2.20. The van der Waals surface area contributed by atoms with Gasteiger partial charge in [0.25, 0.3) is 0 Å². The maximum Gasteiger partial charge on any atom is 0.0547 e. The Labute approximate surface area is 95.0 Å². The van der Waals surface area contributed by atoms with E-state index >= 15 is 0 Å². The minimum atomic E-state index is -0.194. The van der Waals surface area contributed by atoms with Gasteiger partial charge in [-0.2, -0.15) is 0 Å². The molecule has 0 fully saturated rings. The van der Waals surface area contributed by atoms with E-state index in [9.17, 15) is 0 Å². The van der Waals surface area contributed by atoms with Gasteiger partial charge < -0.3 is 9.84 Å². The molecule has 2 nitrogen and oxygen atoms in total. The monoisotopic (exact) mass is 216 g/mol. The molecule has 0 aliphatic carbocycles. The summed E-state index contributed by atoms with van der Waals surface area (Å²) in [6.45, 7) is 7.03. The number of hydrogen-bond donors (Lipinski definition) is 1. The van der Waals surface area contributed by atoms with Crippen molar-refractivity contribution in [3.8, 4) is 0 Å². The third-order valence-corrected chi connectivity index (χ3v) is 2.64. The fraction of sp³-hybridized carbons (Fsp3) is 1.00. The molecule has 0 saturated carbocycles. The van der Waals surface area contributed by atoms with Gasteiger partial charge in [-0.15, -0.1) is 0 Å². The molecule has 0 saturated heterocycles. The first-order chi connectivity index (χ1) is 7.16. The highest BCUT2D eigenvalue weighted by Gasteiger charge is 2.04. The van der Waals surface area contributed by atoms with Gasteiger partial charge in [-0.3, -0.25) is 0 Å². The van der Waals surface area contributed by atoms with Crippen LogP contribution in [0.3, 0.4) is 0 Å². The fourth-order valence-corrected chi connectivity index (χ4v) is 1.55. The summed E-state index contributed by atoms with van der Waals surface area (Å²) in [5.74, 6) is 0. The Morgan fingerprint density at radius 3 is 2.27 bits per heavy atom. The minimum Gasteiger partial charge on any atom is -0.393 e. The Morgan fingerprint density at radius 2 is 1.67 bits per heavy atom. The predicted octanol–water partition coefficient (Wildman–Crippen LogP) is 3.52. The lowest BCUT2D eigenvalue weighted by molar-refractivity contribution is 0.0462. The lowest BCUT2D eigenvalue weighted by Gasteiger charge is -2.13. The van der Waals surface area contributed by atoms with E-state index in [-0.39, 0.29) is 6.10 Å². The zero-order chi connectivity index (χ0) is 11.5. The van der Waals surface area contributed by atoms with Crippen LogP contribution in [0.5, 0.6) is 0 Å². The van der Waals surface area contributed by atoms with Gasteiger partial charge in [-0.25, -0.2) is 0 Å². The smallest absolute Gasteiger partial charge is 0.0547 e. The summed E-state index contributed by atoms with van der Waals surface area (Å²) in [6, 6.07) is 0. The maximum absolute atomic E-state index is 9.11. The molecule has 92 valence electrons. The largest absolute Gasteiger partial charge is 0.393 e. The second-order valence-electron chi connectivity index (χ2n) is 4.52. The molecule has 0 heterocycles. The highest BCUT2D eigenvalue weighted by atomic mass is 16.5. The molecule has 1 N–H and O–H groups in total. The molecule has 0 spiro atoms. The van der Waals surface area contributed by atoms with Crippen molar-refractivity contribution in [1.82, 2.24) is 0 Å². The second kappa shape index (κ2) is 10.4. The fourth-order valence-electron chi connectivity index (χ4n) is 1.55. The Morgan fingerprint density at radius 1 is 1.00 bits per heavy atom. The van der Waals surface area contributed by atoms with Crippen LogP contribution in [0.1, 0.15) is 65.7 Å². The molecule has 0 aliphatic heterocycles. The highest BCUT2D eigenvalue weighted by molar-refractivity contribution is 4.54. The van der Waals surface area contributed by atoms with Crippen LogP contribution in [0.25, 0.3) is 0 Å². The summed E-state index contributed by atoms with van der Waals surface area (Å²) < 4.78 is 5.66. The third-order valence-electron chi connectivity index (χ3n) is 2.64. The van der Waals surface area contributed by atoms with Gasteiger partial charge in [0.05, 0.1) is 12.2 Å². The summed E-state index contributed by atoms with van der Waals surface area (Å²) in [6.07, 6.45) is 8.36. The number of aliphatic hydroxyl groups is 1. The molecule has 0 radical (unpaired) electrons. The molecule has 15 heavy (non-hydrogen) atoms. The van der Waals surface area contributed by atoms with E-state index in [1.807, 2.05) is 6.92 Å². The van der Waals surface area contributed by atoms with Crippen LogP contribution in [0.2, 0.25) is 0 Å². The quantitative estimate of drug-likeness (QED) is 0.566. The third kappa shape index (κ3) is 11.8. The topological polar surface area (TPSA) is 29.5 Å². The van der Waals surface area contributed by atoms with Gasteiger partial charge in [0, 0.05) is 6.61 Å². The second-order valence-corrected chi connectivity index (χ2v) is 4.52. The molecule has 0 amide bonds. The molecule has 2 heteroatoms. The van der Waals surface area contributed by atoms with Crippen molar-refractivity contribution < 1.29 is 9.84 Å². The summed E-state index contributed by atoms with van der Waals surface area (Å²) in [4.78, 5) is 0. The van der Waals surface area contributed by atoms with Crippen molar-refractivity contribution in [1.29, 1.82) is 0 Å². The van der Waals surface area contributed by atoms with Gasteiger partial charge in [-0.05, 0) is 33.1 Å². The van der Waals surface area contributed by atoms with Crippen molar-refractivity contribution in [2.45, 2.75) is 77.9 Å². The maximum atomic E-state index is 9.11. The zero-order valence-corrected chi connectivity index (χ0v) is 10.7. The molecule has 2 unspecified atom stereocenters. The SMILES string of the molecule is CCCCCCCOC(C)CCC(C)O. The predicted molar refractivity (Wildman–Crippen MR) is 65.1 cm³/mol. The van der Waals surface area contributed by atoms with Crippen molar-refractivity contribution in [3.63, 3.8) is 0 Å². The molecular formula is C13H28O2. The molecule has 0 rings (SSSR count). The van der Waals surface area contributed by atoms with Gasteiger partial charge >= 0.3 is 0 Å². The van der Waals surface area contributed by atoms with Crippen molar-refractivity contribution >= 4 is 0 Å². The standard InChI is InChI=1S/C13H28O2/c1-4-5-6-7-8-11-15-13(3)10-9-12(2)14/h12-14H,4-11H2,1-3H3. The van der Waals surface area contributed by atoms with E-state index in [0.717, 1.165) is 19.4 Å². The lowest BCUT2D eigenvalue weighted by Crippen LogP contribution is -2.12. The van der Waals surface area contributed by atoms with Crippen LogP contribution < -0.4 is 0 Å². The molecule has 2 atom stereocenters. The van der Waals surface area contributed by atoms with Gasteiger partial charge in [0.2, 0.25) is 0 Å². The van der Waals surface area contributed by atoms with Crippen LogP contribution in [-0.4, -0.2) is 23.9 Å². The summed E-state index contributed by atoms with van der Waals surface area (Å²) >= 11 is 0. The van der Waals surface area contributed by atoms with Crippen molar-refractivity contribution in [2.75, 3.05) is 6.61 Å². The lowest BCUT2D eigenvalue weighted by atomic mass is 10.1. The van der Waals surface area contributed by atoms with Crippen LogP contribution in [-0.2, 0) is 4.74 Å². The molecule has 0 aromatic rings. The van der Waals surface area contributed by atoms with Crippen molar-refractivity contribution in [2.24, 2.45) is 0 Å². The van der Waals surface area contributed by atoms with Gasteiger partial charge in [0.1, 0.15) is 0 Å². The van der Waals surface area contributed by atoms with Crippen LogP contribution in [0, 0.1) is 0 Å². The van der Waals surface area contributed by atoms with E-state index in [0.29, 0.717) is 6.10 Å². The number of rotatable bonds is 10. The van der Waals surface area contributed by atoms with E-state index in [1.54, 1.807) is 0 Å². The number of ether oxygens (including phenoxy) is 1. The van der Waals surface area contributed by atoms with E-state index < -0.39 is 0 Å². The van der Waals surface area contributed by atoms with Crippen LogP contribution in [0.15, 0.2) is 0 Å². The van der Waals surface area contributed by atoms with Crippen molar-refractivity contribution in [3.05, 3.63) is 0 Å². The Kier molecular flexibility index (Phi) is 10.4. The van der Waals surface area contributed by atoms with E-state index in [2.05, 4.69) is 13.8 Å².